The highest BCUT2D eigenvalue weighted by atomic mass is 16.3. The van der Waals surface area contributed by atoms with Crippen LogP contribution in [0.2, 0.25) is 0 Å². The van der Waals surface area contributed by atoms with E-state index in [-0.39, 0.29) is 17.3 Å². The SMILES string of the molecule is O=c1cnnc(N/N=C/c2c(O)ccc3ccccc23)[nH]1. The van der Waals surface area contributed by atoms with Gasteiger partial charge < -0.3 is 5.11 Å². The fourth-order valence-corrected chi connectivity index (χ4v) is 1.94. The van der Waals surface area contributed by atoms with E-state index in [2.05, 4.69) is 25.7 Å². The number of H-pyrrole nitrogens is 1. The van der Waals surface area contributed by atoms with Crippen molar-refractivity contribution in [2.24, 2.45) is 5.10 Å². The van der Waals surface area contributed by atoms with Crippen molar-refractivity contribution in [2.75, 3.05) is 5.43 Å². The minimum absolute atomic E-state index is 0.117. The zero-order valence-electron chi connectivity index (χ0n) is 10.8. The average Bonchev–Trinajstić information content (AvgIpc) is 2.50. The van der Waals surface area contributed by atoms with Gasteiger partial charge in [0.25, 0.3) is 5.56 Å². The molecule has 0 saturated heterocycles. The van der Waals surface area contributed by atoms with Crippen LogP contribution in [0.25, 0.3) is 10.8 Å². The number of hydrogen-bond acceptors (Lipinski definition) is 6. The first-order chi connectivity index (χ1) is 10.2. The van der Waals surface area contributed by atoms with E-state index in [1.165, 1.54) is 6.21 Å². The third-order valence-electron chi connectivity index (χ3n) is 2.89. The zero-order chi connectivity index (χ0) is 14.7. The molecule has 7 heteroatoms. The number of phenolic OH excluding ortho intramolecular Hbond substituents is 1. The number of aromatic nitrogens is 3. The number of hydrogen-bond donors (Lipinski definition) is 3. The first kappa shape index (κ1) is 12.8. The molecule has 0 aliphatic rings. The van der Waals surface area contributed by atoms with Crippen LogP contribution in [0.15, 0.2) is 52.5 Å². The number of rotatable bonds is 3. The molecule has 7 nitrogen and oxygen atoms in total. The van der Waals surface area contributed by atoms with Crippen molar-refractivity contribution in [3.8, 4) is 5.75 Å². The molecule has 0 radical (unpaired) electrons. The molecule has 0 bridgehead atoms. The van der Waals surface area contributed by atoms with E-state index in [0.717, 1.165) is 17.0 Å². The topological polar surface area (TPSA) is 103 Å². The van der Waals surface area contributed by atoms with Crippen LogP contribution in [0.1, 0.15) is 5.56 Å². The molecule has 1 aromatic heterocycles. The Balaban J connectivity index is 1.92. The van der Waals surface area contributed by atoms with E-state index in [4.69, 9.17) is 0 Å². The van der Waals surface area contributed by atoms with Gasteiger partial charge in [-0.15, -0.1) is 10.2 Å². The van der Waals surface area contributed by atoms with E-state index in [9.17, 15) is 9.90 Å². The van der Waals surface area contributed by atoms with Crippen LogP contribution < -0.4 is 11.0 Å². The second-order valence-corrected chi connectivity index (χ2v) is 4.27. The van der Waals surface area contributed by atoms with Crippen LogP contribution in [-0.4, -0.2) is 26.5 Å². The van der Waals surface area contributed by atoms with Gasteiger partial charge in [-0.2, -0.15) is 5.10 Å². The van der Waals surface area contributed by atoms with Crippen LogP contribution >= 0.6 is 0 Å². The maximum Gasteiger partial charge on any atom is 0.271 e. The molecule has 0 aliphatic heterocycles. The molecule has 0 spiro atoms. The maximum absolute atomic E-state index is 11.1. The standard InChI is InChI=1S/C14H11N5O2/c20-12-6-5-9-3-1-2-4-10(9)11(12)7-15-18-14-17-13(21)8-16-19-14/h1-8,20H,(H2,17,18,19,21)/b15-7+. The van der Waals surface area contributed by atoms with Gasteiger partial charge in [-0.1, -0.05) is 30.3 Å². The molecule has 3 aromatic rings. The summed E-state index contributed by atoms with van der Waals surface area (Å²) >= 11 is 0. The van der Waals surface area contributed by atoms with Gasteiger partial charge in [0.05, 0.1) is 6.21 Å². The number of phenols is 1. The number of aromatic amines is 1. The van der Waals surface area contributed by atoms with Crippen LogP contribution in [-0.2, 0) is 0 Å². The van der Waals surface area contributed by atoms with Gasteiger partial charge in [-0.25, -0.2) is 5.43 Å². The molecule has 0 atom stereocenters. The molecule has 0 aliphatic carbocycles. The molecule has 0 unspecified atom stereocenters. The van der Waals surface area contributed by atoms with E-state index >= 15 is 0 Å². The van der Waals surface area contributed by atoms with Gasteiger partial charge in [0.15, 0.2) is 0 Å². The highest BCUT2D eigenvalue weighted by Crippen LogP contribution is 2.25. The third-order valence-corrected chi connectivity index (χ3v) is 2.89. The molecule has 104 valence electrons. The molecular formula is C14H11N5O2. The van der Waals surface area contributed by atoms with Gasteiger partial charge in [0.2, 0.25) is 5.95 Å². The van der Waals surface area contributed by atoms with Crippen molar-refractivity contribution in [3.05, 3.63) is 58.5 Å². The Labute approximate surface area is 119 Å². The molecule has 0 amide bonds. The van der Waals surface area contributed by atoms with E-state index in [0.29, 0.717) is 5.56 Å². The minimum atomic E-state index is -0.379. The molecule has 21 heavy (non-hydrogen) atoms. The Kier molecular flexibility index (Phi) is 3.30. The van der Waals surface area contributed by atoms with Crippen LogP contribution in [0, 0.1) is 0 Å². The van der Waals surface area contributed by atoms with Crippen molar-refractivity contribution in [1.82, 2.24) is 15.2 Å². The number of anilines is 1. The second kappa shape index (κ2) is 5.41. The lowest BCUT2D eigenvalue weighted by Crippen LogP contribution is -2.10. The maximum atomic E-state index is 11.1. The lowest BCUT2D eigenvalue weighted by molar-refractivity contribution is 0.475. The normalized spacial score (nSPS) is 11.0. The predicted octanol–water partition coefficient (Wildman–Crippen LogP) is 1.47. The van der Waals surface area contributed by atoms with E-state index in [1.54, 1.807) is 6.07 Å². The molecule has 3 N–H and O–H groups in total. The van der Waals surface area contributed by atoms with Gasteiger partial charge in [0.1, 0.15) is 11.9 Å². The summed E-state index contributed by atoms with van der Waals surface area (Å²) in [5, 5.41) is 22.9. The van der Waals surface area contributed by atoms with Crippen molar-refractivity contribution in [1.29, 1.82) is 0 Å². The van der Waals surface area contributed by atoms with Gasteiger partial charge in [-0.05, 0) is 16.8 Å². The van der Waals surface area contributed by atoms with Crippen LogP contribution in [0.5, 0.6) is 5.75 Å². The highest BCUT2D eigenvalue weighted by Gasteiger charge is 2.04. The van der Waals surface area contributed by atoms with Gasteiger partial charge in [0, 0.05) is 5.56 Å². The van der Waals surface area contributed by atoms with Crippen LogP contribution in [0.4, 0.5) is 5.95 Å². The van der Waals surface area contributed by atoms with Gasteiger partial charge in [-0.3, -0.25) is 9.78 Å². The summed E-state index contributed by atoms with van der Waals surface area (Å²) < 4.78 is 0. The molecule has 2 aromatic carbocycles. The summed E-state index contributed by atoms with van der Waals surface area (Å²) in [5.41, 5.74) is 2.75. The molecule has 1 heterocycles. The molecule has 0 saturated carbocycles. The Hall–Kier alpha value is -3.22. The molecular weight excluding hydrogens is 270 g/mol. The summed E-state index contributed by atoms with van der Waals surface area (Å²) in [4.78, 5) is 13.5. The largest absolute Gasteiger partial charge is 0.507 e. The fourth-order valence-electron chi connectivity index (χ4n) is 1.94. The van der Waals surface area contributed by atoms with E-state index in [1.807, 2.05) is 30.3 Å². The Morgan fingerprint density at radius 1 is 1.24 bits per heavy atom. The lowest BCUT2D eigenvalue weighted by Gasteiger charge is -2.04. The summed E-state index contributed by atoms with van der Waals surface area (Å²) in [6.07, 6.45) is 2.52. The number of nitrogens with zero attached hydrogens (tertiary/aromatic N) is 3. The predicted molar refractivity (Wildman–Crippen MR) is 79.5 cm³/mol. The zero-order valence-corrected chi connectivity index (χ0v) is 10.8. The van der Waals surface area contributed by atoms with Gasteiger partial charge >= 0.3 is 0 Å². The summed E-state index contributed by atoms with van der Waals surface area (Å²) in [6.45, 7) is 0. The Morgan fingerprint density at radius 3 is 2.95 bits per heavy atom. The highest BCUT2D eigenvalue weighted by molar-refractivity contribution is 6.02. The Bertz CT molecular complexity index is 872. The second-order valence-electron chi connectivity index (χ2n) is 4.27. The quantitative estimate of drug-likeness (QED) is 0.498. The third kappa shape index (κ3) is 2.71. The van der Waals surface area contributed by atoms with Crippen LogP contribution in [0.3, 0.4) is 0 Å². The lowest BCUT2D eigenvalue weighted by atomic mass is 10.0. The summed E-state index contributed by atoms with van der Waals surface area (Å²) in [5.74, 6) is 0.241. The minimum Gasteiger partial charge on any atom is -0.507 e. The first-order valence-corrected chi connectivity index (χ1v) is 6.16. The molecule has 3 rings (SSSR count). The average molecular weight is 281 g/mol. The first-order valence-electron chi connectivity index (χ1n) is 6.16. The number of aromatic hydroxyl groups is 1. The van der Waals surface area contributed by atoms with E-state index < -0.39 is 0 Å². The summed E-state index contributed by atoms with van der Waals surface area (Å²) in [7, 11) is 0. The van der Waals surface area contributed by atoms with Crippen molar-refractivity contribution >= 4 is 22.9 Å². The van der Waals surface area contributed by atoms with Crippen molar-refractivity contribution < 1.29 is 5.11 Å². The summed E-state index contributed by atoms with van der Waals surface area (Å²) in [6, 6.07) is 11.1. The fraction of sp³-hybridized carbons (Fsp3) is 0. The number of hydrazone groups is 1. The number of nitrogens with one attached hydrogen (secondary N) is 2. The smallest absolute Gasteiger partial charge is 0.271 e. The Morgan fingerprint density at radius 2 is 2.10 bits per heavy atom. The molecule has 0 fully saturated rings. The number of fused-ring (bicyclic) bond motifs is 1. The number of benzene rings is 2. The van der Waals surface area contributed by atoms with Crippen molar-refractivity contribution in [3.63, 3.8) is 0 Å². The monoisotopic (exact) mass is 281 g/mol. The van der Waals surface area contributed by atoms with Crippen molar-refractivity contribution in [2.45, 2.75) is 0 Å².